The number of nitrogens with one attached hydrogen (secondary N) is 2. The second kappa shape index (κ2) is 13.1. The van der Waals surface area contributed by atoms with Crippen LogP contribution >= 0.6 is 0 Å². The fourth-order valence-corrected chi connectivity index (χ4v) is 4.33. The van der Waals surface area contributed by atoms with Crippen LogP contribution in [0, 0.1) is 0 Å². The number of carbonyl (C=O) groups is 2. The van der Waals surface area contributed by atoms with Crippen LogP contribution in [0.2, 0.25) is 0 Å². The molecule has 0 saturated heterocycles. The van der Waals surface area contributed by atoms with Crippen LogP contribution in [0.4, 0.5) is 0 Å². The first-order valence-corrected chi connectivity index (χ1v) is 12.5. The highest BCUT2D eigenvalue weighted by Gasteiger charge is 2.25. The van der Waals surface area contributed by atoms with Crippen LogP contribution in [0.25, 0.3) is 0 Å². The zero-order chi connectivity index (χ0) is 24.3. The maximum atomic E-state index is 13.1. The molecule has 2 amide bonds. The molecular formula is C24H33N3O5S. The fraction of sp³-hybridized carbons (Fsp3) is 0.417. The molecule has 0 aliphatic heterocycles. The molecule has 0 radical (unpaired) electrons. The van der Waals surface area contributed by atoms with Crippen LogP contribution in [-0.4, -0.2) is 58.0 Å². The Labute approximate surface area is 196 Å². The van der Waals surface area contributed by atoms with Crippen molar-refractivity contribution in [2.75, 3.05) is 26.8 Å². The minimum absolute atomic E-state index is 0.155. The molecule has 0 bridgehead atoms. The highest BCUT2D eigenvalue weighted by Crippen LogP contribution is 2.15. The van der Waals surface area contributed by atoms with Gasteiger partial charge >= 0.3 is 0 Å². The summed E-state index contributed by atoms with van der Waals surface area (Å²) in [4.78, 5) is 27.5. The van der Waals surface area contributed by atoms with Crippen molar-refractivity contribution in [3.05, 3.63) is 65.7 Å². The summed E-state index contributed by atoms with van der Waals surface area (Å²) < 4.78 is 31.6. The number of rotatable bonds is 13. The van der Waals surface area contributed by atoms with Crippen molar-refractivity contribution in [1.29, 1.82) is 0 Å². The van der Waals surface area contributed by atoms with Crippen LogP contribution in [0.15, 0.2) is 59.5 Å². The number of ether oxygens (including phenoxy) is 1. The maximum Gasteiger partial charge on any atom is 0.242 e. The van der Waals surface area contributed by atoms with E-state index in [1.807, 2.05) is 30.3 Å². The minimum atomic E-state index is -3.52. The molecular weight excluding hydrogens is 442 g/mol. The molecule has 180 valence electrons. The van der Waals surface area contributed by atoms with E-state index in [2.05, 4.69) is 10.0 Å². The smallest absolute Gasteiger partial charge is 0.242 e. The molecule has 8 nitrogen and oxygen atoms in total. The van der Waals surface area contributed by atoms with E-state index in [4.69, 9.17) is 4.74 Å². The standard InChI is InChI=1S/C24H33N3O5S/c1-4-26-33(30,31)22-13-10-20(11-14-22)12-15-23(28)27(18-21-8-6-5-7-9-21)19(2)24(29)25-16-17-32-3/h5-11,13-14,19,26H,4,12,15-18H2,1-3H3,(H,25,29). The van der Waals surface area contributed by atoms with Gasteiger partial charge in [-0.25, -0.2) is 13.1 Å². The molecule has 0 aromatic heterocycles. The van der Waals surface area contributed by atoms with Gasteiger partial charge in [-0.15, -0.1) is 0 Å². The second-order valence-electron chi connectivity index (χ2n) is 7.61. The molecule has 9 heteroatoms. The number of amides is 2. The molecule has 1 unspecified atom stereocenters. The van der Waals surface area contributed by atoms with Gasteiger partial charge < -0.3 is 15.0 Å². The lowest BCUT2D eigenvalue weighted by Gasteiger charge is -2.29. The van der Waals surface area contributed by atoms with Crippen molar-refractivity contribution < 1.29 is 22.7 Å². The van der Waals surface area contributed by atoms with Crippen LogP contribution < -0.4 is 10.0 Å². The number of hydrogen-bond acceptors (Lipinski definition) is 5. The van der Waals surface area contributed by atoms with Gasteiger partial charge in [-0.2, -0.15) is 0 Å². The summed E-state index contributed by atoms with van der Waals surface area (Å²) in [6.07, 6.45) is 0.630. The lowest BCUT2D eigenvalue weighted by molar-refractivity contribution is -0.140. The molecule has 0 spiro atoms. The predicted octanol–water partition coefficient (Wildman–Crippen LogP) is 2.10. The molecule has 0 heterocycles. The Hall–Kier alpha value is -2.75. The van der Waals surface area contributed by atoms with Gasteiger partial charge in [0, 0.05) is 33.2 Å². The zero-order valence-electron chi connectivity index (χ0n) is 19.4. The molecule has 1 atom stereocenters. The zero-order valence-corrected chi connectivity index (χ0v) is 20.2. The van der Waals surface area contributed by atoms with E-state index in [0.29, 0.717) is 32.7 Å². The average Bonchev–Trinajstić information content (AvgIpc) is 2.81. The van der Waals surface area contributed by atoms with E-state index in [1.165, 1.54) is 12.1 Å². The van der Waals surface area contributed by atoms with E-state index < -0.39 is 16.1 Å². The SMILES string of the molecule is CCNS(=O)(=O)c1ccc(CCC(=O)N(Cc2ccccc2)C(C)C(=O)NCCOC)cc1. The van der Waals surface area contributed by atoms with Crippen molar-refractivity contribution in [3.63, 3.8) is 0 Å². The highest BCUT2D eigenvalue weighted by molar-refractivity contribution is 7.89. The van der Waals surface area contributed by atoms with E-state index in [-0.39, 0.29) is 23.1 Å². The second-order valence-corrected chi connectivity index (χ2v) is 9.38. The number of hydrogen-bond donors (Lipinski definition) is 2. The number of benzene rings is 2. The molecule has 0 saturated carbocycles. The summed E-state index contributed by atoms with van der Waals surface area (Å²) >= 11 is 0. The topological polar surface area (TPSA) is 105 Å². The number of aryl methyl sites for hydroxylation is 1. The van der Waals surface area contributed by atoms with Crippen LogP contribution in [0.5, 0.6) is 0 Å². The molecule has 0 aliphatic carbocycles. The third-order valence-corrected chi connectivity index (χ3v) is 6.73. The van der Waals surface area contributed by atoms with Gasteiger partial charge in [0.2, 0.25) is 21.8 Å². The maximum absolute atomic E-state index is 13.1. The Bertz CT molecular complexity index is 995. The Morgan fingerprint density at radius 3 is 2.30 bits per heavy atom. The van der Waals surface area contributed by atoms with Crippen molar-refractivity contribution in [1.82, 2.24) is 14.9 Å². The van der Waals surface area contributed by atoms with Crippen molar-refractivity contribution in [2.45, 2.75) is 44.2 Å². The van der Waals surface area contributed by atoms with E-state index in [9.17, 15) is 18.0 Å². The van der Waals surface area contributed by atoms with Crippen LogP contribution in [-0.2, 0) is 37.3 Å². The summed E-state index contributed by atoms with van der Waals surface area (Å²) in [6.45, 7) is 4.83. The lowest BCUT2D eigenvalue weighted by atomic mass is 10.1. The predicted molar refractivity (Wildman–Crippen MR) is 127 cm³/mol. The van der Waals surface area contributed by atoms with Gasteiger partial charge in [-0.05, 0) is 36.6 Å². The monoisotopic (exact) mass is 475 g/mol. The van der Waals surface area contributed by atoms with Gasteiger partial charge in [0.05, 0.1) is 11.5 Å². The van der Waals surface area contributed by atoms with E-state index in [1.54, 1.807) is 38.0 Å². The summed E-state index contributed by atoms with van der Waals surface area (Å²) in [5.41, 5.74) is 1.77. The minimum Gasteiger partial charge on any atom is -0.383 e. The van der Waals surface area contributed by atoms with Crippen molar-refractivity contribution >= 4 is 21.8 Å². The Morgan fingerprint density at radius 2 is 1.70 bits per heavy atom. The summed E-state index contributed by atoms with van der Waals surface area (Å²) in [5, 5.41) is 2.79. The first-order valence-electron chi connectivity index (χ1n) is 11.0. The van der Waals surface area contributed by atoms with Gasteiger partial charge in [-0.1, -0.05) is 49.4 Å². The van der Waals surface area contributed by atoms with Crippen LogP contribution in [0.3, 0.4) is 0 Å². The first-order chi connectivity index (χ1) is 15.8. The van der Waals surface area contributed by atoms with E-state index in [0.717, 1.165) is 11.1 Å². The molecule has 0 aliphatic rings. The third kappa shape index (κ3) is 8.27. The number of carbonyl (C=O) groups excluding carboxylic acids is 2. The van der Waals surface area contributed by atoms with Gasteiger partial charge in [0.15, 0.2) is 0 Å². The van der Waals surface area contributed by atoms with Gasteiger partial charge in [0.25, 0.3) is 0 Å². The summed E-state index contributed by atoms with van der Waals surface area (Å²) in [7, 11) is -1.96. The molecule has 2 N–H and O–H groups in total. The summed E-state index contributed by atoms with van der Waals surface area (Å²) in [6, 6.07) is 15.3. The average molecular weight is 476 g/mol. The quantitative estimate of drug-likeness (QED) is 0.432. The highest BCUT2D eigenvalue weighted by atomic mass is 32.2. The largest absolute Gasteiger partial charge is 0.383 e. The lowest BCUT2D eigenvalue weighted by Crippen LogP contribution is -2.48. The Morgan fingerprint density at radius 1 is 1.03 bits per heavy atom. The van der Waals surface area contributed by atoms with E-state index >= 15 is 0 Å². The van der Waals surface area contributed by atoms with Crippen LogP contribution in [0.1, 0.15) is 31.4 Å². The number of nitrogens with zero attached hydrogens (tertiary/aromatic N) is 1. The first kappa shape index (κ1) is 26.5. The third-order valence-electron chi connectivity index (χ3n) is 5.16. The molecule has 2 rings (SSSR count). The molecule has 0 fully saturated rings. The number of sulfonamides is 1. The molecule has 2 aromatic rings. The molecule has 33 heavy (non-hydrogen) atoms. The van der Waals surface area contributed by atoms with Crippen molar-refractivity contribution in [3.8, 4) is 0 Å². The van der Waals surface area contributed by atoms with Gasteiger partial charge in [-0.3, -0.25) is 9.59 Å². The molecule has 2 aromatic carbocycles. The Kier molecular flexibility index (Phi) is 10.5. The Balaban J connectivity index is 2.08. The summed E-state index contributed by atoms with van der Waals surface area (Å²) in [5.74, 6) is -0.396. The van der Waals surface area contributed by atoms with Crippen molar-refractivity contribution in [2.24, 2.45) is 0 Å². The van der Waals surface area contributed by atoms with Gasteiger partial charge in [0.1, 0.15) is 6.04 Å². The fourth-order valence-electron chi connectivity index (χ4n) is 3.29. The normalized spacial score (nSPS) is 12.2. The number of methoxy groups -OCH3 is 1.